The van der Waals surface area contributed by atoms with Crippen molar-refractivity contribution < 1.29 is 4.79 Å². The van der Waals surface area contributed by atoms with Gasteiger partial charge in [0.05, 0.1) is 0 Å². The molecule has 0 unspecified atom stereocenters. The number of fused-ring (bicyclic) bond motifs is 1. The van der Waals surface area contributed by atoms with Crippen LogP contribution in [0.25, 0.3) is 0 Å². The highest BCUT2D eigenvalue weighted by molar-refractivity contribution is 7.99. The molecule has 0 N–H and O–H groups in total. The minimum absolute atomic E-state index is 0.189. The summed E-state index contributed by atoms with van der Waals surface area (Å²) in [6.45, 7) is 4.75. The molecule has 0 spiro atoms. The van der Waals surface area contributed by atoms with Gasteiger partial charge in [0.2, 0.25) is 5.91 Å². The third-order valence-corrected chi connectivity index (χ3v) is 4.77. The van der Waals surface area contributed by atoms with Crippen LogP contribution in [0.2, 0.25) is 0 Å². The fourth-order valence-electron chi connectivity index (χ4n) is 2.92. The van der Waals surface area contributed by atoms with E-state index in [0.717, 1.165) is 41.6 Å². The second-order valence-corrected chi connectivity index (χ2v) is 6.87. The van der Waals surface area contributed by atoms with Crippen LogP contribution < -0.4 is 4.90 Å². The molecule has 3 rings (SSSR count). The fourth-order valence-corrected chi connectivity index (χ4v) is 3.79. The molecule has 0 radical (unpaired) electrons. The van der Waals surface area contributed by atoms with Gasteiger partial charge in [-0.3, -0.25) is 4.79 Å². The van der Waals surface area contributed by atoms with Crippen molar-refractivity contribution in [1.82, 2.24) is 9.97 Å². The number of anilines is 1. The van der Waals surface area contributed by atoms with Crippen LogP contribution in [0.4, 0.5) is 5.69 Å². The SMILES string of the molecule is Cc1cc(C)nc(SCCC(=O)N2CCCc3ccccc32)n1. The number of hydrogen-bond acceptors (Lipinski definition) is 4. The fraction of sp³-hybridized carbons (Fsp3) is 0.389. The van der Waals surface area contributed by atoms with E-state index in [9.17, 15) is 4.79 Å². The maximum atomic E-state index is 12.6. The van der Waals surface area contributed by atoms with Crippen LogP contribution in [0, 0.1) is 13.8 Å². The van der Waals surface area contributed by atoms with E-state index in [2.05, 4.69) is 16.0 Å². The van der Waals surface area contributed by atoms with Crippen molar-refractivity contribution in [2.45, 2.75) is 38.3 Å². The molecule has 0 aliphatic carbocycles. The van der Waals surface area contributed by atoms with E-state index in [1.165, 1.54) is 5.56 Å². The molecule has 0 atom stereocenters. The van der Waals surface area contributed by atoms with Crippen molar-refractivity contribution in [1.29, 1.82) is 0 Å². The summed E-state index contributed by atoms with van der Waals surface area (Å²) in [5.41, 5.74) is 4.29. The Hall–Kier alpha value is -1.88. The van der Waals surface area contributed by atoms with E-state index in [1.807, 2.05) is 43.0 Å². The third-order valence-electron chi connectivity index (χ3n) is 3.92. The molecule has 120 valence electrons. The Labute approximate surface area is 141 Å². The maximum absolute atomic E-state index is 12.6. The number of aryl methyl sites for hydroxylation is 3. The smallest absolute Gasteiger partial charge is 0.227 e. The zero-order valence-corrected chi connectivity index (χ0v) is 14.4. The Balaban J connectivity index is 1.60. The van der Waals surface area contributed by atoms with Gasteiger partial charge in [0, 0.05) is 35.8 Å². The zero-order chi connectivity index (χ0) is 16.2. The number of hydrogen-bond donors (Lipinski definition) is 0. The Kier molecular flexibility index (Phi) is 4.96. The van der Waals surface area contributed by atoms with Crippen LogP contribution in [0.5, 0.6) is 0 Å². The summed E-state index contributed by atoms with van der Waals surface area (Å²) in [6.07, 6.45) is 2.61. The van der Waals surface area contributed by atoms with Crippen molar-refractivity contribution in [2.24, 2.45) is 0 Å². The van der Waals surface area contributed by atoms with Crippen molar-refractivity contribution >= 4 is 23.4 Å². The summed E-state index contributed by atoms with van der Waals surface area (Å²) in [7, 11) is 0. The van der Waals surface area contributed by atoms with Crippen LogP contribution in [-0.4, -0.2) is 28.2 Å². The molecule has 5 heteroatoms. The summed E-state index contributed by atoms with van der Waals surface area (Å²) in [4.78, 5) is 23.3. The van der Waals surface area contributed by atoms with E-state index in [0.29, 0.717) is 12.2 Å². The molecule has 0 fully saturated rings. The molecule has 1 aliphatic rings. The van der Waals surface area contributed by atoms with E-state index >= 15 is 0 Å². The largest absolute Gasteiger partial charge is 0.312 e. The monoisotopic (exact) mass is 327 g/mol. The number of benzene rings is 1. The van der Waals surface area contributed by atoms with Gasteiger partial charge in [-0.15, -0.1) is 0 Å². The molecule has 2 aromatic rings. The molecule has 23 heavy (non-hydrogen) atoms. The number of carbonyl (C=O) groups is 1. The third kappa shape index (κ3) is 3.91. The summed E-state index contributed by atoms with van der Waals surface area (Å²) in [5.74, 6) is 0.898. The number of rotatable bonds is 4. The molecule has 1 aliphatic heterocycles. The molecule has 0 saturated heterocycles. The summed E-state index contributed by atoms with van der Waals surface area (Å²) in [5, 5.41) is 0.759. The topological polar surface area (TPSA) is 46.1 Å². The van der Waals surface area contributed by atoms with Crippen LogP contribution in [0.3, 0.4) is 0 Å². The van der Waals surface area contributed by atoms with Crippen molar-refractivity contribution in [3.8, 4) is 0 Å². The van der Waals surface area contributed by atoms with Gasteiger partial charge in [-0.1, -0.05) is 30.0 Å². The lowest BCUT2D eigenvalue weighted by Gasteiger charge is -2.29. The molecule has 1 aromatic carbocycles. The van der Waals surface area contributed by atoms with Gasteiger partial charge in [0.25, 0.3) is 0 Å². The number of aromatic nitrogens is 2. The summed E-state index contributed by atoms with van der Waals surface area (Å²) >= 11 is 1.55. The first-order valence-corrected chi connectivity index (χ1v) is 8.95. The Bertz CT molecular complexity index is 697. The van der Waals surface area contributed by atoms with Gasteiger partial charge in [-0.05, 0) is 44.4 Å². The molecule has 4 nitrogen and oxygen atoms in total. The first-order valence-electron chi connectivity index (χ1n) is 7.97. The van der Waals surface area contributed by atoms with Gasteiger partial charge in [-0.2, -0.15) is 0 Å². The number of nitrogens with zero attached hydrogens (tertiary/aromatic N) is 3. The highest BCUT2D eigenvalue weighted by Crippen LogP contribution is 2.27. The Morgan fingerprint density at radius 2 is 1.96 bits per heavy atom. The van der Waals surface area contributed by atoms with Gasteiger partial charge < -0.3 is 4.90 Å². The Morgan fingerprint density at radius 1 is 1.22 bits per heavy atom. The maximum Gasteiger partial charge on any atom is 0.227 e. The van der Waals surface area contributed by atoms with Crippen LogP contribution in [0.1, 0.15) is 29.8 Å². The van der Waals surface area contributed by atoms with Crippen molar-refractivity contribution in [2.75, 3.05) is 17.2 Å². The minimum Gasteiger partial charge on any atom is -0.312 e. The number of thioether (sulfide) groups is 1. The second kappa shape index (κ2) is 7.13. The van der Waals surface area contributed by atoms with Gasteiger partial charge in [-0.25, -0.2) is 9.97 Å². The average Bonchev–Trinajstić information content (AvgIpc) is 2.53. The van der Waals surface area contributed by atoms with Crippen LogP contribution >= 0.6 is 11.8 Å². The first kappa shape index (κ1) is 16.0. The number of para-hydroxylation sites is 1. The number of carbonyl (C=O) groups excluding carboxylic acids is 1. The Morgan fingerprint density at radius 3 is 2.74 bits per heavy atom. The van der Waals surface area contributed by atoms with E-state index in [4.69, 9.17) is 0 Å². The molecule has 2 heterocycles. The molecule has 0 bridgehead atoms. The molecule has 1 aromatic heterocycles. The molecule has 0 saturated carbocycles. The zero-order valence-electron chi connectivity index (χ0n) is 13.6. The van der Waals surface area contributed by atoms with Gasteiger partial charge >= 0.3 is 0 Å². The quantitative estimate of drug-likeness (QED) is 0.636. The normalized spacial score (nSPS) is 13.7. The molecule has 1 amide bonds. The molecular formula is C18H21N3OS. The van der Waals surface area contributed by atoms with Crippen LogP contribution in [0.15, 0.2) is 35.5 Å². The lowest BCUT2D eigenvalue weighted by molar-refractivity contribution is -0.118. The first-order chi connectivity index (χ1) is 11.1. The average molecular weight is 327 g/mol. The standard InChI is InChI=1S/C18H21N3OS/c1-13-12-14(2)20-18(19-13)23-11-9-17(22)21-10-5-7-15-6-3-4-8-16(15)21/h3-4,6,8,12H,5,7,9-11H2,1-2H3. The molecular weight excluding hydrogens is 306 g/mol. The van der Waals surface area contributed by atoms with E-state index in [1.54, 1.807) is 11.8 Å². The van der Waals surface area contributed by atoms with Crippen molar-refractivity contribution in [3.63, 3.8) is 0 Å². The highest BCUT2D eigenvalue weighted by atomic mass is 32.2. The second-order valence-electron chi connectivity index (χ2n) is 5.81. The lowest BCUT2D eigenvalue weighted by atomic mass is 10.0. The van der Waals surface area contributed by atoms with E-state index in [-0.39, 0.29) is 5.91 Å². The van der Waals surface area contributed by atoms with E-state index < -0.39 is 0 Å². The van der Waals surface area contributed by atoms with Gasteiger partial charge in [0.1, 0.15) is 0 Å². The lowest BCUT2D eigenvalue weighted by Crippen LogP contribution is -2.35. The minimum atomic E-state index is 0.189. The predicted octanol–water partition coefficient (Wildman–Crippen LogP) is 3.56. The predicted molar refractivity (Wildman–Crippen MR) is 94.0 cm³/mol. The van der Waals surface area contributed by atoms with Crippen LogP contribution in [-0.2, 0) is 11.2 Å². The summed E-state index contributed by atoms with van der Waals surface area (Å²) < 4.78 is 0. The van der Waals surface area contributed by atoms with Gasteiger partial charge in [0.15, 0.2) is 5.16 Å². The number of amides is 1. The van der Waals surface area contributed by atoms with Crippen molar-refractivity contribution in [3.05, 3.63) is 47.3 Å². The highest BCUT2D eigenvalue weighted by Gasteiger charge is 2.21. The summed E-state index contributed by atoms with van der Waals surface area (Å²) in [6, 6.07) is 10.2.